The molecule has 1 aromatic heterocycles. The molecule has 0 aliphatic heterocycles. The van der Waals surface area contributed by atoms with Crippen molar-refractivity contribution in [1.82, 2.24) is 4.98 Å². The second-order valence-electron chi connectivity index (χ2n) is 6.00. The van der Waals surface area contributed by atoms with E-state index in [0.717, 1.165) is 5.39 Å². The van der Waals surface area contributed by atoms with Crippen LogP contribution in [-0.2, 0) is 9.59 Å². The van der Waals surface area contributed by atoms with Gasteiger partial charge in [0.25, 0.3) is 0 Å². The maximum Gasteiger partial charge on any atom is 0.231 e. The van der Waals surface area contributed by atoms with Crippen LogP contribution < -0.4 is 11.1 Å². The molecular weight excluding hydrogens is 266 g/mol. The Morgan fingerprint density at radius 1 is 1.24 bits per heavy atom. The molecule has 0 saturated heterocycles. The van der Waals surface area contributed by atoms with Crippen molar-refractivity contribution in [3.63, 3.8) is 0 Å². The zero-order valence-corrected chi connectivity index (χ0v) is 12.4. The molecular formula is C16H19N3O2. The van der Waals surface area contributed by atoms with Crippen LogP contribution >= 0.6 is 0 Å². The van der Waals surface area contributed by atoms with E-state index in [4.69, 9.17) is 5.73 Å². The molecule has 0 aliphatic rings. The average molecular weight is 285 g/mol. The first kappa shape index (κ1) is 15.0. The maximum absolute atomic E-state index is 12.0. The van der Waals surface area contributed by atoms with Crippen molar-refractivity contribution in [1.29, 1.82) is 0 Å². The molecule has 5 heteroatoms. The number of hydrogen-bond acceptors (Lipinski definition) is 4. The molecule has 2 rings (SSSR count). The molecule has 0 fully saturated rings. The largest absolute Gasteiger partial charge is 0.398 e. The van der Waals surface area contributed by atoms with Gasteiger partial charge in [-0.05, 0) is 24.3 Å². The Labute approximate surface area is 123 Å². The van der Waals surface area contributed by atoms with E-state index in [1.165, 1.54) is 0 Å². The normalized spacial score (nSPS) is 11.4. The Kier molecular flexibility index (Phi) is 3.93. The summed E-state index contributed by atoms with van der Waals surface area (Å²) in [5.74, 6) is -0.445. The summed E-state index contributed by atoms with van der Waals surface area (Å²) in [4.78, 5) is 28.1. The Morgan fingerprint density at radius 3 is 2.62 bits per heavy atom. The van der Waals surface area contributed by atoms with Gasteiger partial charge in [-0.2, -0.15) is 0 Å². The molecule has 110 valence electrons. The number of Topliss-reactive ketones (excluding diaryl/α,β-unsaturated/α-hetero) is 1. The number of ketones is 1. The third kappa shape index (κ3) is 3.37. The number of carbonyl (C=O) groups excluding carboxylic acids is 2. The van der Waals surface area contributed by atoms with E-state index in [1.54, 1.807) is 45.2 Å². The Hall–Kier alpha value is -2.43. The van der Waals surface area contributed by atoms with Crippen LogP contribution in [0.2, 0.25) is 0 Å². The monoisotopic (exact) mass is 285 g/mol. The van der Waals surface area contributed by atoms with Crippen molar-refractivity contribution in [3.05, 3.63) is 30.5 Å². The highest BCUT2D eigenvalue weighted by Crippen LogP contribution is 2.26. The SMILES string of the molecule is CC(C)(C)C(=O)CC(=O)Nc1ccc(N)c2cccnc12. The van der Waals surface area contributed by atoms with Crippen LogP contribution in [0.5, 0.6) is 0 Å². The second kappa shape index (κ2) is 5.52. The number of nitrogen functional groups attached to an aromatic ring is 1. The minimum atomic E-state index is -0.529. The Bertz CT molecular complexity index is 702. The topological polar surface area (TPSA) is 85.1 Å². The van der Waals surface area contributed by atoms with Gasteiger partial charge in [-0.1, -0.05) is 20.8 Å². The van der Waals surface area contributed by atoms with E-state index >= 15 is 0 Å². The third-order valence-corrected chi connectivity index (χ3v) is 3.24. The molecule has 1 aromatic carbocycles. The van der Waals surface area contributed by atoms with Crippen molar-refractivity contribution in [3.8, 4) is 0 Å². The lowest BCUT2D eigenvalue weighted by atomic mass is 9.89. The van der Waals surface area contributed by atoms with Gasteiger partial charge in [-0.15, -0.1) is 0 Å². The summed E-state index contributed by atoms with van der Waals surface area (Å²) in [5.41, 5.74) is 7.14. The average Bonchev–Trinajstić information content (AvgIpc) is 2.41. The molecule has 0 radical (unpaired) electrons. The van der Waals surface area contributed by atoms with Crippen LogP contribution in [0.1, 0.15) is 27.2 Å². The van der Waals surface area contributed by atoms with E-state index in [2.05, 4.69) is 10.3 Å². The molecule has 0 atom stereocenters. The summed E-state index contributed by atoms with van der Waals surface area (Å²) in [7, 11) is 0. The number of pyridine rings is 1. The minimum absolute atomic E-state index is 0.104. The standard InChI is InChI=1S/C16H19N3O2/c1-16(2,3)13(20)9-14(21)19-12-7-6-11(17)10-5-4-8-18-15(10)12/h4-8H,9,17H2,1-3H3,(H,19,21). The number of amides is 1. The second-order valence-corrected chi connectivity index (χ2v) is 6.00. The molecule has 1 heterocycles. The Morgan fingerprint density at radius 2 is 1.95 bits per heavy atom. The number of hydrogen-bond donors (Lipinski definition) is 2. The number of fused-ring (bicyclic) bond motifs is 1. The number of rotatable bonds is 3. The van der Waals surface area contributed by atoms with Gasteiger partial charge in [0.15, 0.2) is 0 Å². The fourth-order valence-corrected chi connectivity index (χ4v) is 1.90. The van der Waals surface area contributed by atoms with Crippen LogP contribution in [0.25, 0.3) is 10.9 Å². The zero-order valence-electron chi connectivity index (χ0n) is 12.4. The van der Waals surface area contributed by atoms with Crippen molar-refractivity contribution >= 4 is 34.0 Å². The summed E-state index contributed by atoms with van der Waals surface area (Å²) in [6, 6.07) is 7.04. The highest BCUT2D eigenvalue weighted by molar-refractivity contribution is 6.09. The third-order valence-electron chi connectivity index (χ3n) is 3.24. The highest BCUT2D eigenvalue weighted by Gasteiger charge is 2.23. The number of aromatic nitrogens is 1. The van der Waals surface area contributed by atoms with Crippen molar-refractivity contribution < 1.29 is 9.59 Å². The van der Waals surface area contributed by atoms with Crippen molar-refractivity contribution in [2.45, 2.75) is 27.2 Å². The summed E-state index contributed by atoms with van der Waals surface area (Å²) in [6.45, 7) is 5.38. The van der Waals surface area contributed by atoms with Gasteiger partial charge in [-0.3, -0.25) is 14.6 Å². The fraction of sp³-hybridized carbons (Fsp3) is 0.312. The predicted molar refractivity (Wildman–Crippen MR) is 83.9 cm³/mol. The van der Waals surface area contributed by atoms with Gasteiger partial charge < -0.3 is 11.1 Å². The van der Waals surface area contributed by atoms with Crippen LogP contribution in [0.4, 0.5) is 11.4 Å². The van der Waals surface area contributed by atoms with Gasteiger partial charge in [0, 0.05) is 22.7 Å². The summed E-state index contributed by atoms with van der Waals surface area (Å²) in [5, 5.41) is 3.51. The minimum Gasteiger partial charge on any atom is -0.398 e. The molecule has 1 amide bonds. The van der Waals surface area contributed by atoms with Crippen LogP contribution in [0.15, 0.2) is 30.5 Å². The van der Waals surface area contributed by atoms with Crippen molar-refractivity contribution in [2.24, 2.45) is 5.41 Å². The van der Waals surface area contributed by atoms with Gasteiger partial charge in [0.1, 0.15) is 5.78 Å². The lowest BCUT2D eigenvalue weighted by molar-refractivity contribution is -0.130. The van der Waals surface area contributed by atoms with Gasteiger partial charge in [0.05, 0.1) is 17.6 Å². The first-order valence-corrected chi connectivity index (χ1v) is 6.75. The van der Waals surface area contributed by atoms with E-state index < -0.39 is 5.41 Å². The first-order valence-electron chi connectivity index (χ1n) is 6.75. The van der Waals surface area contributed by atoms with E-state index in [1.807, 2.05) is 6.07 Å². The molecule has 2 aromatic rings. The first-order chi connectivity index (χ1) is 9.79. The smallest absolute Gasteiger partial charge is 0.231 e. The molecule has 0 aliphatic carbocycles. The number of anilines is 2. The van der Waals surface area contributed by atoms with Crippen molar-refractivity contribution in [2.75, 3.05) is 11.1 Å². The van der Waals surface area contributed by atoms with Gasteiger partial charge >= 0.3 is 0 Å². The Balaban J connectivity index is 2.23. The molecule has 0 bridgehead atoms. The lowest BCUT2D eigenvalue weighted by Gasteiger charge is -2.16. The van der Waals surface area contributed by atoms with Crippen LogP contribution in [-0.4, -0.2) is 16.7 Å². The quantitative estimate of drug-likeness (QED) is 0.670. The van der Waals surface area contributed by atoms with Gasteiger partial charge in [0.2, 0.25) is 5.91 Å². The number of carbonyl (C=O) groups is 2. The summed E-state index contributed by atoms with van der Waals surface area (Å²) < 4.78 is 0. The summed E-state index contributed by atoms with van der Waals surface area (Å²) in [6.07, 6.45) is 1.49. The van der Waals surface area contributed by atoms with E-state index in [0.29, 0.717) is 16.9 Å². The maximum atomic E-state index is 12.0. The van der Waals surface area contributed by atoms with Crippen LogP contribution in [0, 0.1) is 5.41 Å². The number of nitrogens with two attached hydrogens (primary N) is 1. The number of benzene rings is 1. The zero-order chi connectivity index (χ0) is 15.6. The molecule has 0 saturated carbocycles. The molecule has 5 nitrogen and oxygen atoms in total. The van der Waals surface area contributed by atoms with E-state index in [9.17, 15) is 9.59 Å². The predicted octanol–water partition coefficient (Wildman–Crippen LogP) is 2.76. The lowest BCUT2D eigenvalue weighted by Crippen LogP contribution is -2.26. The summed E-state index contributed by atoms with van der Waals surface area (Å²) >= 11 is 0. The molecule has 0 spiro atoms. The number of nitrogens with zero attached hydrogens (tertiary/aromatic N) is 1. The van der Waals surface area contributed by atoms with E-state index in [-0.39, 0.29) is 18.1 Å². The molecule has 3 N–H and O–H groups in total. The number of nitrogens with one attached hydrogen (secondary N) is 1. The highest BCUT2D eigenvalue weighted by atomic mass is 16.2. The van der Waals surface area contributed by atoms with Gasteiger partial charge in [-0.25, -0.2) is 0 Å². The molecule has 21 heavy (non-hydrogen) atoms. The molecule has 0 unspecified atom stereocenters. The van der Waals surface area contributed by atoms with Crippen LogP contribution in [0.3, 0.4) is 0 Å². The fourth-order valence-electron chi connectivity index (χ4n) is 1.90.